The number of nitrogens with zero attached hydrogens (tertiary/aromatic N) is 4. The van der Waals surface area contributed by atoms with E-state index >= 15 is 0 Å². The van der Waals surface area contributed by atoms with E-state index in [-0.39, 0.29) is 25.1 Å². The molecule has 3 heterocycles. The van der Waals surface area contributed by atoms with Crippen LogP contribution < -0.4 is 15.9 Å². The molecule has 0 aliphatic carbocycles. The van der Waals surface area contributed by atoms with Crippen LogP contribution >= 0.6 is 15.9 Å². The van der Waals surface area contributed by atoms with E-state index < -0.39 is 11.7 Å². The summed E-state index contributed by atoms with van der Waals surface area (Å²) in [5, 5.41) is 2.75. The van der Waals surface area contributed by atoms with Crippen LogP contribution in [0.4, 0.5) is 10.5 Å². The third-order valence-electron chi connectivity index (χ3n) is 4.63. The summed E-state index contributed by atoms with van der Waals surface area (Å²) in [5.74, 6) is -0.0370. The minimum absolute atomic E-state index is 0.0105. The van der Waals surface area contributed by atoms with E-state index in [1.807, 2.05) is 12.1 Å². The van der Waals surface area contributed by atoms with Crippen LogP contribution in [0.5, 0.6) is 0 Å². The van der Waals surface area contributed by atoms with Crippen molar-refractivity contribution in [2.24, 2.45) is 0 Å². The molecular formula is C17H18BrN5O4. The highest BCUT2D eigenvalue weighted by Crippen LogP contribution is 2.24. The largest absolute Gasteiger partial charge is 0.376 e. The zero-order valence-corrected chi connectivity index (χ0v) is 16.0. The third kappa shape index (κ3) is 3.54. The van der Waals surface area contributed by atoms with Gasteiger partial charge < -0.3 is 10.1 Å². The predicted octanol–water partition coefficient (Wildman–Crippen LogP) is 1.09. The van der Waals surface area contributed by atoms with Gasteiger partial charge in [0.2, 0.25) is 5.91 Å². The molecule has 1 aromatic carbocycles. The van der Waals surface area contributed by atoms with Gasteiger partial charge in [-0.05, 0) is 37.1 Å². The molecule has 10 heteroatoms. The number of benzene rings is 1. The molecule has 2 aliphatic heterocycles. The Morgan fingerprint density at radius 2 is 2.07 bits per heavy atom. The zero-order valence-electron chi connectivity index (χ0n) is 14.4. The highest BCUT2D eigenvalue weighted by atomic mass is 79.9. The van der Waals surface area contributed by atoms with Crippen molar-refractivity contribution >= 4 is 33.6 Å². The first-order valence-corrected chi connectivity index (χ1v) is 9.46. The van der Waals surface area contributed by atoms with Gasteiger partial charge in [-0.3, -0.25) is 9.69 Å². The van der Waals surface area contributed by atoms with Crippen LogP contribution in [-0.4, -0.2) is 45.5 Å². The second-order valence-electron chi connectivity index (χ2n) is 6.46. The number of halogens is 1. The number of carbonyl (C=O) groups is 2. The van der Waals surface area contributed by atoms with E-state index in [9.17, 15) is 14.4 Å². The number of amides is 2. The standard InChI is InChI=1S/C17H18BrN5O4/c18-11-3-5-12(6-4-11)21-9-14-20-16(25)22(23(14)17(21)26)10-15(24)19-8-13-2-1-7-27-13/h3-6,13H,1-2,7-10H2,(H,19,24)/t13-/m0/s1. The summed E-state index contributed by atoms with van der Waals surface area (Å²) >= 11 is 3.36. The molecule has 1 aromatic heterocycles. The smallest absolute Gasteiger partial charge is 0.365 e. The first kappa shape index (κ1) is 17.9. The van der Waals surface area contributed by atoms with E-state index in [4.69, 9.17) is 4.74 Å². The fourth-order valence-electron chi connectivity index (χ4n) is 3.27. The van der Waals surface area contributed by atoms with Gasteiger partial charge in [0.15, 0.2) is 5.82 Å². The molecule has 0 bridgehead atoms. The molecule has 0 unspecified atom stereocenters. The van der Waals surface area contributed by atoms with E-state index in [0.29, 0.717) is 24.7 Å². The molecule has 2 amide bonds. The summed E-state index contributed by atoms with van der Waals surface area (Å²) in [4.78, 5) is 42.6. The molecular weight excluding hydrogens is 418 g/mol. The first-order chi connectivity index (χ1) is 13.0. The van der Waals surface area contributed by atoms with Gasteiger partial charge in [-0.15, -0.1) is 0 Å². The Bertz CT molecular complexity index is 930. The molecule has 1 saturated heterocycles. The fraction of sp³-hybridized carbons (Fsp3) is 0.412. The Kier molecular flexibility index (Phi) is 4.83. The summed E-state index contributed by atoms with van der Waals surface area (Å²) in [5.41, 5.74) is 0.0802. The molecule has 2 aliphatic rings. The van der Waals surface area contributed by atoms with Gasteiger partial charge in [0.05, 0.1) is 12.6 Å². The van der Waals surface area contributed by atoms with Gasteiger partial charge in [0.25, 0.3) is 0 Å². The molecule has 0 radical (unpaired) electrons. The lowest BCUT2D eigenvalue weighted by atomic mass is 10.2. The van der Waals surface area contributed by atoms with Gasteiger partial charge in [0, 0.05) is 23.3 Å². The summed E-state index contributed by atoms with van der Waals surface area (Å²) in [6, 6.07) is 6.84. The topological polar surface area (TPSA) is 98.5 Å². The highest BCUT2D eigenvalue weighted by Gasteiger charge is 2.33. The molecule has 0 spiro atoms. The first-order valence-electron chi connectivity index (χ1n) is 8.67. The van der Waals surface area contributed by atoms with Crippen molar-refractivity contribution in [1.82, 2.24) is 19.7 Å². The van der Waals surface area contributed by atoms with E-state index in [1.165, 1.54) is 9.58 Å². The van der Waals surface area contributed by atoms with Gasteiger partial charge >= 0.3 is 11.7 Å². The summed E-state index contributed by atoms with van der Waals surface area (Å²) in [6.07, 6.45) is 1.90. The minimum atomic E-state index is -0.610. The van der Waals surface area contributed by atoms with Crippen molar-refractivity contribution in [3.63, 3.8) is 0 Å². The maximum absolute atomic E-state index is 12.8. The Hall–Kier alpha value is -2.46. The second kappa shape index (κ2) is 7.28. The van der Waals surface area contributed by atoms with Crippen LogP contribution in [0.25, 0.3) is 0 Å². The third-order valence-corrected chi connectivity index (χ3v) is 5.15. The molecule has 1 fully saturated rings. The molecule has 4 rings (SSSR count). The molecule has 0 saturated carbocycles. The summed E-state index contributed by atoms with van der Waals surface area (Å²) in [6.45, 7) is 1.02. The van der Waals surface area contributed by atoms with Crippen LogP contribution in [0, 0.1) is 0 Å². The Labute approximate surface area is 163 Å². The van der Waals surface area contributed by atoms with Crippen molar-refractivity contribution < 1.29 is 14.3 Å². The van der Waals surface area contributed by atoms with E-state index in [0.717, 1.165) is 22.0 Å². The van der Waals surface area contributed by atoms with Crippen molar-refractivity contribution in [3.8, 4) is 0 Å². The monoisotopic (exact) mass is 435 g/mol. The Morgan fingerprint density at radius 3 is 2.78 bits per heavy atom. The highest BCUT2D eigenvalue weighted by molar-refractivity contribution is 9.10. The van der Waals surface area contributed by atoms with E-state index in [2.05, 4.69) is 26.2 Å². The van der Waals surface area contributed by atoms with Crippen molar-refractivity contribution in [1.29, 1.82) is 0 Å². The minimum Gasteiger partial charge on any atom is -0.376 e. The number of anilines is 1. The number of rotatable bonds is 5. The van der Waals surface area contributed by atoms with Crippen LogP contribution in [0.3, 0.4) is 0 Å². The second-order valence-corrected chi connectivity index (χ2v) is 7.38. The maximum atomic E-state index is 12.8. The number of aromatic nitrogens is 3. The van der Waals surface area contributed by atoms with Gasteiger partial charge in [0.1, 0.15) is 6.54 Å². The molecule has 1 atom stereocenters. The number of carbonyl (C=O) groups excluding carboxylic acids is 2. The molecule has 142 valence electrons. The number of hydrogen-bond donors (Lipinski definition) is 1. The quantitative estimate of drug-likeness (QED) is 0.757. The summed E-state index contributed by atoms with van der Waals surface area (Å²) < 4.78 is 8.61. The van der Waals surface area contributed by atoms with Crippen LogP contribution in [-0.2, 0) is 22.6 Å². The molecule has 2 aromatic rings. The molecule has 27 heavy (non-hydrogen) atoms. The average molecular weight is 436 g/mol. The van der Waals surface area contributed by atoms with Crippen molar-refractivity contribution in [2.75, 3.05) is 18.1 Å². The number of ether oxygens (including phenoxy) is 1. The maximum Gasteiger partial charge on any atom is 0.365 e. The zero-order chi connectivity index (χ0) is 19.0. The predicted molar refractivity (Wildman–Crippen MR) is 99.6 cm³/mol. The van der Waals surface area contributed by atoms with E-state index in [1.54, 1.807) is 12.1 Å². The van der Waals surface area contributed by atoms with Gasteiger partial charge in [-0.1, -0.05) is 15.9 Å². The fourth-order valence-corrected chi connectivity index (χ4v) is 3.53. The lowest BCUT2D eigenvalue weighted by Gasteiger charge is -2.16. The van der Waals surface area contributed by atoms with Crippen molar-refractivity contribution in [3.05, 3.63) is 45.0 Å². The van der Waals surface area contributed by atoms with Crippen LogP contribution in [0.2, 0.25) is 0 Å². The molecule has 9 nitrogen and oxygen atoms in total. The SMILES string of the molecule is O=C(Cn1c(=O)nc2n1C(=O)N(c1ccc(Br)cc1)C2)NC[C@@H]1CCCO1. The lowest BCUT2D eigenvalue weighted by molar-refractivity contribution is -0.122. The normalized spacial score (nSPS) is 18.8. The number of nitrogens with one attached hydrogen (secondary N) is 1. The van der Waals surface area contributed by atoms with Crippen LogP contribution in [0.1, 0.15) is 18.7 Å². The average Bonchev–Trinajstić information content (AvgIpc) is 3.34. The lowest BCUT2D eigenvalue weighted by Crippen LogP contribution is -2.40. The molecule has 1 N–H and O–H groups in total. The number of hydrogen-bond acceptors (Lipinski definition) is 5. The summed E-state index contributed by atoms with van der Waals surface area (Å²) in [7, 11) is 0. The Morgan fingerprint density at radius 1 is 1.30 bits per heavy atom. The van der Waals surface area contributed by atoms with Gasteiger partial charge in [-0.2, -0.15) is 9.67 Å². The number of fused-ring (bicyclic) bond motifs is 1. The van der Waals surface area contributed by atoms with Gasteiger partial charge in [-0.25, -0.2) is 14.3 Å². The Balaban J connectivity index is 1.48. The van der Waals surface area contributed by atoms with Crippen molar-refractivity contribution in [2.45, 2.75) is 32.0 Å². The van der Waals surface area contributed by atoms with Crippen LogP contribution in [0.15, 0.2) is 33.5 Å².